The zero-order valence-corrected chi connectivity index (χ0v) is 12.8. The van der Waals surface area contributed by atoms with E-state index < -0.39 is 11.8 Å². The topological polar surface area (TPSA) is 54.0 Å². The van der Waals surface area contributed by atoms with Crippen LogP contribution in [0.2, 0.25) is 0 Å². The molecule has 0 saturated carbocycles. The summed E-state index contributed by atoms with van der Waals surface area (Å²) in [6.45, 7) is 4.00. The van der Waals surface area contributed by atoms with Crippen molar-refractivity contribution in [2.24, 2.45) is 0 Å². The molecule has 1 heterocycles. The Morgan fingerprint density at radius 3 is 2.68 bits per heavy atom. The summed E-state index contributed by atoms with van der Waals surface area (Å²) in [4.78, 5) is 11.8. The minimum absolute atomic E-state index is 0.313. The number of hydrogen-bond acceptors (Lipinski definition) is 5. The van der Waals surface area contributed by atoms with Crippen LogP contribution in [0.3, 0.4) is 0 Å². The van der Waals surface area contributed by atoms with Crippen LogP contribution in [0.25, 0.3) is 0 Å². The molecule has 1 aromatic rings. The lowest BCUT2D eigenvalue weighted by atomic mass is 10.1. The summed E-state index contributed by atoms with van der Waals surface area (Å²) in [5.74, 6) is -0.205. The third kappa shape index (κ3) is 2.55. The van der Waals surface area contributed by atoms with Gasteiger partial charge in [-0.2, -0.15) is 0 Å². The first-order chi connectivity index (χ1) is 8.89. The van der Waals surface area contributed by atoms with E-state index in [9.17, 15) is 4.79 Å². The van der Waals surface area contributed by atoms with Gasteiger partial charge in [0, 0.05) is 19.4 Å². The summed E-state index contributed by atoms with van der Waals surface area (Å²) in [6.07, 6.45) is 0. The smallest absolute Gasteiger partial charge is 0.341 e. The molecule has 0 aliphatic carbocycles. The van der Waals surface area contributed by atoms with E-state index in [0.717, 1.165) is 5.56 Å². The fourth-order valence-corrected chi connectivity index (χ4v) is 2.56. The van der Waals surface area contributed by atoms with Crippen LogP contribution in [-0.4, -0.2) is 26.0 Å². The van der Waals surface area contributed by atoms with Gasteiger partial charge in [-0.15, -0.1) is 0 Å². The van der Waals surface area contributed by atoms with E-state index in [2.05, 4.69) is 15.9 Å². The van der Waals surface area contributed by atoms with Gasteiger partial charge in [0.1, 0.15) is 17.1 Å². The van der Waals surface area contributed by atoms with Crippen LogP contribution in [-0.2, 0) is 16.1 Å². The number of rotatable bonds is 2. The van der Waals surface area contributed by atoms with Crippen molar-refractivity contribution < 1.29 is 23.7 Å². The monoisotopic (exact) mass is 330 g/mol. The second kappa shape index (κ2) is 5.02. The van der Waals surface area contributed by atoms with Crippen LogP contribution in [0, 0.1) is 0 Å². The summed E-state index contributed by atoms with van der Waals surface area (Å²) in [5.41, 5.74) is 1.12. The molecule has 5 nitrogen and oxygen atoms in total. The Hall–Kier alpha value is -1.27. The Morgan fingerprint density at radius 2 is 2.11 bits per heavy atom. The number of halogens is 1. The van der Waals surface area contributed by atoms with Crippen molar-refractivity contribution in [3.05, 3.63) is 21.7 Å². The fourth-order valence-electron chi connectivity index (χ4n) is 1.87. The molecule has 0 spiro atoms. The Labute approximate surface area is 119 Å². The largest absolute Gasteiger partial charge is 0.495 e. The molecule has 2 rings (SSSR count). The summed E-state index contributed by atoms with van der Waals surface area (Å²) >= 11 is 3.42. The number of ether oxygens (including phenoxy) is 4. The molecule has 0 N–H and O–H groups in total. The van der Waals surface area contributed by atoms with E-state index in [1.807, 2.05) is 13.8 Å². The van der Waals surface area contributed by atoms with E-state index in [-0.39, 0.29) is 0 Å². The van der Waals surface area contributed by atoms with Gasteiger partial charge in [0.2, 0.25) is 5.79 Å². The van der Waals surface area contributed by atoms with Crippen LogP contribution in [0.4, 0.5) is 0 Å². The second-order valence-corrected chi connectivity index (χ2v) is 5.32. The summed E-state index contributed by atoms with van der Waals surface area (Å²) in [5, 5.41) is 0. The van der Waals surface area contributed by atoms with Gasteiger partial charge in [0.05, 0.1) is 25.3 Å². The number of benzene rings is 1. The molecule has 104 valence electrons. The number of esters is 1. The van der Waals surface area contributed by atoms with Crippen molar-refractivity contribution in [2.75, 3.05) is 14.2 Å². The average Bonchev–Trinajstić information content (AvgIpc) is 2.36. The average molecular weight is 331 g/mol. The lowest BCUT2D eigenvalue weighted by molar-refractivity contribution is -0.180. The van der Waals surface area contributed by atoms with Crippen LogP contribution in [0.5, 0.6) is 11.5 Å². The molecule has 0 amide bonds. The van der Waals surface area contributed by atoms with Crippen molar-refractivity contribution in [3.8, 4) is 11.5 Å². The Bertz CT molecular complexity index is 524. The predicted octanol–water partition coefficient (Wildman–Crippen LogP) is 2.89. The molecule has 0 atom stereocenters. The fraction of sp³-hybridized carbons (Fsp3) is 0.462. The van der Waals surface area contributed by atoms with Crippen molar-refractivity contribution >= 4 is 21.9 Å². The molecule has 1 aliphatic heterocycles. The highest BCUT2D eigenvalue weighted by Crippen LogP contribution is 2.43. The standard InChI is InChI=1S/C13H15BrO5/c1-13(2)18-6-8-9(19-13)5-7(12(15)17-4)11(16-3)10(8)14/h5H,6H2,1-4H3. The van der Waals surface area contributed by atoms with Crippen LogP contribution >= 0.6 is 15.9 Å². The molecule has 0 radical (unpaired) electrons. The van der Waals surface area contributed by atoms with Gasteiger partial charge in [0.15, 0.2) is 0 Å². The van der Waals surface area contributed by atoms with Crippen molar-refractivity contribution in [1.29, 1.82) is 0 Å². The first kappa shape index (κ1) is 14.1. The summed E-state index contributed by atoms with van der Waals surface area (Å²) in [6, 6.07) is 1.62. The minimum atomic E-state index is -0.728. The highest BCUT2D eigenvalue weighted by Gasteiger charge is 2.32. The number of fused-ring (bicyclic) bond motifs is 1. The minimum Gasteiger partial charge on any atom is -0.495 e. The molecule has 1 aromatic carbocycles. The third-order valence-electron chi connectivity index (χ3n) is 2.81. The number of hydrogen-bond donors (Lipinski definition) is 0. The SMILES string of the molecule is COC(=O)c1cc2c(c(Br)c1OC)COC(C)(C)O2. The maximum Gasteiger partial charge on any atom is 0.341 e. The van der Waals surface area contributed by atoms with E-state index >= 15 is 0 Å². The number of carbonyl (C=O) groups excluding carboxylic acids is 1. The molecular weight excluding hydrogens is 316 g/mol. The van der Waals surface area contributed by atoms with Crippen LogP contribution in [0.15, 0.2) is 10.5 Å². The molecule has 0 saturated heterocycles. The maximum atomic E-state index is 11.8. The Kier molecular flexibility index (Phi) is 3.73. The Balaban J connectivity index is 2.59. The van der Waals surface area contributed by atoms with Crippen molar-refractivity contribution in [3.63, 3.8) is 0 Å². The van der Waals surface area contributed by atoms with E-state index in [0.29, 0.717) is 28.1 Å². The van der Waals surface area contributed by atoms with Gasteiger partial charge in [-0.1, -0.05) is 0 Å². The van der Waals surface area contributed by atoms with E-state index in [1.165, 1.54) is 14.2 Å². The zero-order valence-electron chi connectivity index (χ0n) is 11.2. The van der Waals surface area contributed by atoms with Crippen molar-refractivity contribution in [2.45, 2.75) is 26.2 Å². The van der Waals surface area contributed by atoms with Gasteiger partial charge in [0.25, 0.3) is 0 Å². The summed E-state index contributed by atoms with van der Waals surface area (Å²) < 4.78 is 21.9. The van der Waals surface area contributed by atoms with Gasteiger partial charge in [-0.25, -0.2) is 4.79 Å². The molecular formula is C13H15BrO5. The molecule has 19 heavy (non-hydrogen) atoms. The molecule has 0 aromatic heterocycles. The summed E-state index contributed by atoms with van der Waals surface area (Å²) in [7, 11) is 2.82. The second-order valence-electron chi connectivity index (χ2n) is 4.53. The van der Waals surface area contributed by atoms with Gasteiger partial charge >= 0.3 is 5.97 Å². The van der Waals surface area contributed by atoms with Gasteiger partial charge in [-0.3, -0.25) is 0 Å². The third-order valence-corrected chi connectivity index (χ3v) is 3.65. The molecule has 0 fully saturated rings. The molecule has 6 heteroatoms. The lowest BCUT2D eigenvalue weighted by Crippen LogP contribution is -2.35. The van der Waals surface area contributed by atoms with Crippen LogP contribution < -0.4 is 9.47 Å². The van der Waals surface area contributed by atoms with Gasteiger partial charge < -0.3 is 18.9 Å². The Morgan fingerprint density at radius 1 is 1.42 bits per heavy atom. The predicted molar refractivity (Wildman–Crippen MR) is 71.5 cm³/mol. The molecule has 0 bridgehead atoms. The van der Waals surface area contributed by atoms with Gasteiger partial charge in [-0.05, 0) is 22.0 Å². The van der Waals surface area contributed by atoms with E-state index in [1.54, 1.807) is 6.07 Å². The maximum absolute atomic E-state index is 11.8. The highest BCUT2D eigenvalue weighted by atomic mass is 79.9. The quantitative estimate of drug-likeness (QED) is 0.780. The normalized spacial score (nSPS) is 16.3. The first-order valence-corrected chi connectivity index (χ1v) is 6.49. The highest BCUT2D eigenvalue weighted by molar-refractivity contribution is 9.10. The van der Waals surface area contributed by atoms with Crippen LogP contribution in [0.1, 0.15) is 29.8 Å². The zero-order chi connectivity index (χ0) is 14.2. The molecule has 1 aliphatic rings. The number of methoxy groups -OCH3 is 2. The van der Waals surface area contributed by atoms with Crippen molar-refractivity contribution in [1.82, 2.24) is 0 Å². The van der Waals surface area contributed by atoms with E-state index in [4.69, 9.17) is 18.9 Å². The number of carbonyl (C=O) groups is 1. The lowest BCUT2D eigenvalue weighted by Gasteiger charge is -2.33. The first-order valence-electron chi connectivity index (χ1n) is 5.70. The molecule has 0 unspecified atom stereocenters.